The molecule has 0 radical (unpaired) electrons. The third-order valence-corrected chi connectivity index (χ3v) is 12.7. The summed E-state index contributed by atoms with van der Waals surface area (Å²) in [5, 5.41) is 27.4. The van der Waals surface area contributed by atoms with Gasteiger partial charge in [-0.3, -0.25) is 0 Å². The summed E-state index contributed by atoms with van der Waals surface area (Å²) < 4.78 is 41.5. The van der Waals surface area contributed by atoms with Crippen molar-refractivity contribution in [3.8, 4) is 0 Å². The zero-order valence-corrected chi connectivity index (χ0v) is 37.4. The van der Waals surface area contributed by atoms with Crippen LogP contribution in [0, 0.1) is 47.3 Å². The maximum Gasteiger partial charge on any atom is 0.415 e. The number of likely N-dealkylation sites (tertiary alicyclic amines) is 4. The minimum Gasteiger partial charge on any atom is -0.395 e. The average Bonchev–Trinajstić information content (AvgIpc) is 3.11. The van der Waals surface area contributed by atoms with Crippen molar-refractivity contribution in [1.82, 2.24) is 19.6 Å². The summed E-state index contributed by atoms with van der Waals surface area (Å²) in [7, 11) is 1.78. The predicted octanol–water partition coefficient (Wildman–Crippen LogP) is 7.75. The van der Waals surface area contributed by atoms with Crippen LogP contribution in [0.1, 0.15) is 121 Å². The molecule has 8 nitrogen and oxygen atoms in total. The third kappa shape index (κ3) is 23.6. The molecule has 55 heavy (non-hydrogen) atoms. The lowest BCUT2D eigenvalue weighted by molar-refractivity contribution is -0.208. The Balaban J connectivity index is 0.000000369. The molecule has 4 heterocycles. The molecule has 0 aliphatic carbocycles. The third-order valence-electron chi connectivity index (χ3n) is 12.7. The van der Waals surface area contributed by atoms with Gasteiger partial charge in [-0.1, -0.05) is 55.4 Å². The summed E-state index contributed by atoms with van der Waals surface area (Å²) in [4.78, 5) is 8.97. The van der Waals surface area contributed by atoms with Crippen molar-refractivity contribution in [2.24, 2.45) is 47.3 Å². The lowest BCUT2D eigenvalue weighted by Crippen LogP contribution is -2.44. The number of hydrogen-bond acceptors (Lipinski definition) is 8. The Kier molecular flexibility index (Phi) is 26.0. The van der Waals surface area contributed by atoms with Crippen molar-refractivity contribution in [3.05, 3.63) is 0 Å². The van der Waals surface area contributed by atoms with Crippen LogP contribution in [0.2, 0.25) is 0 Å². The smallest absolute Gasteiger partial charge is 0.395 e. The van der Waals surface area contributed by atoms with Gasteiger partial charge in [-0.2, -0.15) is 13.2 Å². The number of nitrogens with zero attached hydrogens (tertiary/aromatic N) is 4. The van der Waals surface area contributed by atoms with Gasteiger partial charge in [0, 0.05) is 33.3 Å². The standard InChI is InChI=1S/C12H25NO.C11H20F3NO.C11H23NO.C10H21NO/c1-10(2)11-5-7-13(8-6-11)9-12(3,4)14;1-8(2)9-3-5-15(6-4-9)7-10(16)11(12,13)14;1-10(2)11-4-6-12(7-5-11)8-9-13-3;1-9(2)10-3-5-11(6-4-10)7-8-12/h10-11,14H,5-9H2,1-4H3;8-10,16H,3-7H2,1-2H3;10-11H,4-9H2,1-3H3;9-10,12H,3-8H2,1-2H3. The van der Waals surface area contributed by atoms with Gasteiger partial charge in [-0.05, 0) is 165 Å². The van der Waals surface area contributed by atoms with Crippen LogP contribution in [0.5, 0.6) is 0 Å². The largest absolute Gasteiger partial charge is 0.415 e. The van der Waals surface area contributed by atoms with Crippen molar-refractivity contribution in [3.63, 3.8) is 0 Å². The van der Waals surface area contributed by atoms with Crippen LogP contribution in [-0.4, -0.2) is 152 Å². The fraction of sp³-hybridized carbons (Fsp3) is 1.00. The van der Waals surface area contributed by atoms with Crippen LogP contribution in [0.3, 0.4) is 0 Å². The number of aliphatic hydroxyl groups excluding tert-OH is 2. The predicted molar refractivity (Wildman–Crippen MR) is 223 cm³/mol. The lowest BCUT2D eigenvalue weighted by atomic mass is 9.86. The number of aliphatic hydroxyl groups is 3. The van der Waals surface area contributed by atoms with E-state index in [9.17, 15) is 18.3 Å². The van der Waals surface area contributed by atoms with E-state index in [4.69, 9.17) is 14.9 Å². The normalized spacial score (nSPS) is 22.0. The molecular weight excluding hydrogens is 706 g/mol. The number of ether oxygens (including phenoxy) is 1. The Morgan fingerprint density at radius 3 is 1.15 bits per heavy atom. The molecule has 0 spiro atoms. The van der Waals surface area contributed by atoms with E-state index in [0.29, 0.717) is 31.5 Å². The molecule has 4 fully saturated rings. The van der Waals surface area contributed by atoms with Crippen LogP contribution in [0.15, 0.2) is 0 Å². The van der Waals surface area contributed by atoms with E-state index in [-0.39, 0.29) is 6.54 Å². The molecule has 3 N–H and O–H groups in total. The summed E-state index contributed by atoms with van der Waals surface area (Å²) in [6.07, 6.45) is 3.15. The van der Waals surface area contributed by atoms with E-state index in [1.807, 2.05) is 13.8 Å². The number of piperidine rings is 4. The van der Waals surface area contributed by atoms with E-state index >= 15 is 0 Å². The van der Waals surface area contributed by atoms with Crippen LogP contribution >= 0.6 is 0 Å². The minimum absolute atomic E-state index is 0.283. The number of methoxy groups -OCH3 is 1. The van der Waals surface area contributed by atoms with Gasteiger partial charge in [0.15, 0.2) is 6.10 Å². The van der Waals surface area contributed by atoms with Crippen LogP contribution in [0.4, 0.5) is 13.2 Å². The van der Waals surface area contributed by atoms with Gasteiger partial charge >= 0.3 is 6.18 Å². The number of alkyl halides is 3. The second kappa shape index (κ2) is 27.3. The Morgan fingerprint density at radius 1 is 0.564 bits per heavy atom. The maximum absolute atomic E-state index is 12.1. The van der Waals surface area contributed by atoms with E-state index in [1.165, 1.54) is 64.7 Å². The van der Waals surface area contributed by atoms with Crippen molar-refractivity contribution in [2.75, 3.05) is 98.9 Å². The van der Waals surface area contributed by atoms with Crippen LogP contribution in [-0.2, 0) is 4.74 Å². The molecule has 0 aromatic rings. The molecular formula is C44H89F3N4O4. The molecule has 4 rings (SSSR count). The van der Waals surface area contributed by atoms with Gasteiger partial charge in [0.05, 0.1) is 18.8 Å². The summed E-state index contributed by atoms with van der Waals surface area (Å²) in [6, 6.07) is 0. The topological polar surface area (TPSA) is 82.9 Å². The molecule has 0 bridgehead atoms. The van der Waals surface area contributed by atoms with E-state index in [0.717, 1.165) is 87.7 Å². The number of rotatable bonds is 13. The first-order valence-electron chi connectivity index (χ1n) is 22.1. The van der Waals surface area contributed by atoms with Gasteiger partial charge in [-0.15, -0.1) is 0 Å². The molecule has 11 heteroatoms. The monoisotopic (exact) mass is 795 g/mol. The van der Waals surface area contributed by atoms with E-state index in [2.05, 4.69) is 70.1 Å². The van der Waals surface area contributed by atoms with Gasteiger partial charge in [0.2, 0.25) is 0 Å². The maximum atomic E-state index is 12.1. The quantitative estimate of drug-likeness (QED) is 0.175. The first kappa shape index (κ1) is 52.5. The van der Waals surface area contributed by atoms with Gasteiger partial charge in [0.25, 0.3) is 0 Å². The second-order valence-corrected chi connectivity index (χ2v) is 19.2. The molecule has 4 aliphatic heterocycles. The van der Waals surface area contributed by atoms with Crippen LogP contribution < -0.4 is 0 Å². The van der Waals surface area contributed by atoms with Gasteiger partial charge in [-0.25, -0.2) is 0 Å². The van der Waals surface area contributed by atoms with Gasteiger partial charge < -0.3 is 39.7 Å². The summed E-state index contributed by atoms with van der Waals surface area (Å²) in [5.41, 5.74) is -0.537. The molecule has 0 aromatic carbocycles. The van der Waals surface area contributed by atoms with E-state index in [1.54, 1.807) is 12.0 Å². The fourth-order valence-electron chi connectivity index (χ4n) is 8.52. The zero-order valence-electron chi connectivity index (χ0n) is 37.4. The lowest BCUT2D eigenvalue weighted by Gasteiger charge is -2.36. The Hall–Kier alpha value is -0.530. The van der Waals surface area contributed by atoms with Crippen molar-refractivity contribution in [1.29, 1.82) is 0 Å². The minimum atomic E-state index is -4.49. The highest BCUT2D eigenvalue weighted by Gasteiger charge is 2.39. The van der Waals surface area contributed by atoms with Crippen molar-refractivity contribution in [2.45, 2.75) is 138 Å². The van der Waals surface area contributed by atoms with Crippen molar-refractivity contribution >= 4 is 0 Å². The Bertz CT molecular complexity index is 917. The van der Waals surface area contributed by atoms with Crippen molar-refractivity contribution < 1.29 is 33.2 Å². The van der Waals surface area contributed by atoms with E-state index < -0.39 is 17.9 Å². The first-order valence-corrected chi connectivity index (χ1v) is 22.1. The molecule has 330 valence electrons. The molecule has 4 aliphatic rings. The Morgan fingerprint density at radius 2 is 0.873 bits per heavy atom. The zero-order chi connectivity index (χ0) is 41.8. The molecule has 0 aromatic heterocycles. The Labute approximate surface area is 336 Å². The number of hydrogen-bond donors (Lipinski definition) is 3. The van der Waals surface area contributed by atoms with Crippen LogP contribution in [0.25, 0.3) is 0 Å². The highest BCUT2D eigenvalue weighted by Crippen LogP contribution is 2.28. The molecule has 1 atom stereocenters. The summed E-state index contributed by atoms with van der Waals surface area (Å²) in [6.45, 7) is 34.3. The molecule has 0 saturated carbocycles. The number of halogens is 3. The van der Waals surface area contributed by atoms with Gasteiger partial charge in [0.1, 0.15) is 0 Å². The summed E-state index contributed by atoms with van der Waals surface area (Å²) in [5.74, 6) is 6.49. The molecule has 4 saturated heterocycles. The first-order chi connectivity index (χ1) is 25.7. The average molecular weight is 795 g/mol. The SMILES string of the molecule is CC(C)C1CCN(CC(C)(C)O)CC1.CC(C)C1CCN(CC(O)C(F)(F)F)CC1.CC(C)C1CCN(CCO)CC1.COCCN1CCC(C(C)C)CC1. The highest BCUT2D eigenvalue weighted by molar-refractivity contribution is 4.80. The molecule has 0 amide bonds. The number of β-amino-alcohol motifs (C(OH)–C–C–N with tert-alkyl or cyclic N) is 3. The fourth-order valence-corrected chi connectivity index (χ4v) is 8.52. The molecule has 1 unspecified atom stereocenters. The summed E-state index contributed by atoms with van der Waals surface area (Å²) >= 11 is 0. The second-order valence-electron chi connectivity index (χ2n) is 19.2. The highest BCUT2D eigenvalue weighted by atomic mass is 19.4.